The van der Waals surface area contributed by atoms with Gasteiger partial charge in [0.05, 0.1) is 29.5 Å². The number of hydrogen-bond acceptors (Lipinski definition) is 5. The summed E-state index contributed by atoms with van der Waals surface area (Å²) in [7, 11) is 0. The van der Waals surface area contributed by atoms with Gasteiger partial charge in [-0.05, 0) is 12.1 Å². The molecule has 0 saturated carbocycles. The summed E-state index contributed by atoms with van der Waals surface area (Å²) >= 11 is 0. The molecule has 8 nitrogen and oxygen atoms in total. The van der Waals surface area contributed by atoms with E-state index < -0.39 is 11.2 Å². The largest absolute Gasteiger partial charge is 0.328 e. The van der Waals surface area contributed by atoms with E-state index in [1.807, 2.05) is 48.5 Å². The lowest BCUT2D eigenvalue weighted by Gasteiger charge is -2.10. The molecule has 5 rings (SSSR count). The van der Waals surface area contributed by atoms with Crippen molar-refractivity contribution >= 4 is 21.8 Å². The van der Waals surface area contributed by atoms with Crippen molar-refractivity contribution in [3.63, 3.8) is 0 Å². The number of fused-ring (bicyclic) bond motifs is 2. The van der Waals surface area contributed by atoms with Gasteiger partial charge in [0, 0.05) is 23.0 Å². The molecule has 136 valence electrons. The van der Waals surface area contributed by atoms with Crippen molar-refractivity contribution in [2.75, 3.05) is 0 Å². The molecule has 2 aromatic carbocycles. The minimum absolute atomic E-state index is 0.205. The fourth-order valence-corrected chi connectivity index (χ4v) is 3.29. The molecule has 0 aliphatic rings. The van der Waals surface area contributed by atoms with Crippen LogP contribution in [0.15, 0.2) is 76.6 Å². The second-order valence-corrected chi connectivity index (χ2v) is 6.39. The van der Waals surface area contributed by atoms with Gasteiger partial charge in [0.25, 0.3) is 5.56 Å². The van der Waals surface area contributed by atoms with Crippen LogP contribution < -0.4 is 11.2 Å². The molecule has 0 spiro atoms. The summed E-state index contributed by atoms with van der Waals surface area (Å²) < 4.78 is 3.08. The van der Waals surface area contributed by atoms with Crippen LogP contribution in [-0.4, -0.2) is 29.5 Å². The normalized spacial score (nSPS) is 11.3. The third-order valence-corrected chi connectivity index (χ3v) is 4.56. The quantitative estimate of drug-likeness (QED) is 0.489. The molecular weight excluding hydrogens is 356 g/mol. The summed E-state index contributed by atoms with van der Waals surface area (Å²) in [4.78, 5) is 30.1. The molecule has 28 heavy (non-hydrogen) atoms. The summed E-state index contributed by atoms with van der Waals surface area (Å²) in [6.45, 7) is 0.205. The van der Waals surface area contributed by atoms with Crippen molar-refractivity contribution in [2.45, 2.75) is 6.54 Å². The van der Waals surface area contributed by atoms with Crippen LogP contribution in [0.3, 0.4) is 0 Å². The maximum atomic E-state index is 11.9. The lowest BCUT2D eigenvalue weighted by molar-refractivity contribution is 0.700. The van der Waals surface area contributed by atoms with Gasteiger partial charge in [-0.2, -0.15) is 0 Å². The monoisotopic (exact) mass is 370 g/mol. The Hall–Kier alpha value is -4.07. The Balaban J connectivity index is 1.66. The summed E-state index contributed by atoms with van der Waals surface area (Å²) in [6, 6.07) is 17.0. The van der Waals surface area contributed by atoms with E-state index in [9.17, 15) is 9.59 Å². The Morgan fingerprint density at radius 2 is 1.57 bits per heavy atom. The highest BCUT2D eigenvalue weighted by Crippen LogP contribution is 2.28. The second-order valence-electron chi connectivity index (χ2n) is 6.39. The Bertz CT molecular complexity index is 1390. The van der Waals surface area contributed by atoms with Gasteiger partial charge >= 0.3 is 5.69 Å². The molecule has 0 aliphatic carbocycles. The SMILES string of the molecule is O=c1ccn(Cc2cn(-c3c4ccccc4nc4ccccc34)nn2)c(=O)[nH]1. The predicted molar refractivity (Wildman–Crippen MR) is 105 cm³/mol. The number of benzene rings is 2. The van der Waals surface area contributed by atoms with Gasteiger partial charge in [-0.25, -0.2) is 14.5 Å². The average Bonchev–Trinajstić information content (AvgIpc) is 3.16. The molecule has 3 heterocycles. The smallest absolute Gasteiger partial charge is 0.294 e. The first-order chi connectivity index (χ1) is 13.7. The number of aromatic amines is 1. The molecule has 1 N–H and O–H groups in total. The van der Waals surface area contributed by atoms with Crippen LogP contribution in [0.1, 0.15) is 5.69 Å². The Morgan fingerprint density at radius 1 is 0.893 bits per heavy atom. The zero-order chi connectivity index (χ0) is 19.1. The molecule has 0 unspecified atom stereocenters. The summed E-state index contributed by atoms with van der Waals surface area (Å²) in [5, 5.41) is 10.4. The maximum absolute atomic E-state index is 11.9. The molecule has 3 aromatic heterocycles. The fraction of sp³-hybridized carbons (Fsp3) is 0.0500. The highest BCUT2D eigenvalue weighted by Gasteiger charge is 2.13. The minimum Gasteiger partial charge on any atom is -0.294 e. The lowest BCUT2D eigenvalue weighted by Crippen LogP contribution is -2.28. The topological polar surface area (TPSA) is 98.5 Å². The van der Waals surface area contributed by atoms with Crippen molar-refractivity contribution < 1.29 is 0 Å². The first kappa shape index (κ1) is 16.1. The van der Waals surface area contributed by atoms with E-state index in [4.69, 9.17) is 4.98 Å². The average molecular weight is 370 g/mol. The number of pyridine rings is 1. The van der Waals surface area contributed by atoms with E-state index in [1.54, 1.807) is 10.9 Å². The summed E-state index contributed by atoms with van der Waals surface area (Å²) in [5.41, 5.74) is 2.30. The number of aromatic nitrogens is 6. The molecule has 0 saturated heterocycles. The minimum atomic E-state index is -0.484. The van der Waals surface area contributed by atoms with Gasteiger partial charge in [0.2, 0.25) is 0 Å². The van der Waals surface area contributed by atoms with E-state index in [-0.39, 0.29) is 6.54 Å². The molecular formula is C20H14N6O2. The first-order valence-corrected chi connectivity index (χ1v) is 8.68. The standard InChI is InChI=1S/C20H14N6O2/c27-18-9-10-25(20(28)22-18)11-13-12-26(24-23-13)19-14-5-1-3-7-16(14)21-17-8-4-2-6-15(17)19/h1-10,12H,11H2,(H,22,27,28). The molecule has 5 aromatic rings. The number of para-hydroxylation sites is 2. The number of nitrogens with zero attached hydrogens (tertiary/aromatic N) is 5. The summed E-state index contributed by atoms with van der Waals surface area (Å²) in [6.07, 6.45) is 3.23. The van der Waals surface area contributed by atoms with Gasteiger partial charge in [0.1, 0.15) is 5.69 Å². The van der Waals surface area contributed by atoms with Gasteiger partial charge < -0.3 is 0 Å². The third-order valence-electron chi connectivity index (χ3n) is 4.56. The fourth-order valence-electron chi connectivity index (χ4n) is 3.29. The van der Waals surface area contributed by atoms with Gasteiger partial charge in [0.15, 0.2) is 0 Å². The molecule has 0 atom stereocenters. The number of H-pyrrole nitrogens is 1. The van der Waals surface area contributed by atoms with Crippen molar-refractivity contribution in [1.29, 1.82) is 0 Å². The number of rotatable bonds is 3. The van der Waals surface area contributed by atoms with E-state index in [0.29, 0.717) is 5.69 Å². The van der Waals surface area contributed by atoms with E-state index >= 15 is 0 Å². The molecule has 0 aliphatic heterocycles. The lowest BCUT2D eigenvalue weighted by atomic mass is 10.1. The van der Waals surface area contributed by atoms with Crippen LogP contribution in [0, 0.1) is 0 Å². The van der Waals surface area contributed by atoms with Crippen LogP contribution in [0.5, 0.6) is 0 Å². The van der Waals surface area contributed by atoms with Crippen LogP contribution in [0.25, 0.3) is 27.5 Å². The van der Waals surface area contributed by atoms with Crippen LogP contribution in [-0.2, 0) is 6.54 Å². The molecule has 0 radical (unpaired) electrons. The van der Waals surface area contributed by atoms with Crippen LogP contribution >= 0.6 is 0 Å². The van der Waals surface area contributed by atoms with Crippen LogP contribution in [0.4, 0.5) is 0 Å². The highest BCUT2D eigenvalue weighted by atomic mass is 16.2. The Labute approximate surface area is 157 Å². The molecule has 0 fully saturated rings. The summed E-state index contributed by atoms with van der Waals surface area (Å²) in [5.74, 6) is 0. The van der Waals surface area contributed by atoms with E-state index in [0.717, 1.165) is 27.5 Å². The molecule has 0 bridgehead atoms. The Kier molecular flexibility index (Phi) is 3.61. The van der Waals surface area contributed by atoms with E-state index in [1.165, 1.54) is 16.8 Å². The third kappa shape index (κ3) is 2.67. The number of hydrogen-bond donors (Lipinski definition) is 1. The van der Waals surface area contributed by atoms with Gasteiger partial charge in [-0.15, -0.1) is 5.10 Å². The van der Waals surface area contributed by atoms with Crippen molar-refractivity contribution in [2.24, 2.45) is 0 Å². The Morgan fingerprint density at radius 3 is 2.25 bits per heavy atom. The molecule has 8 heteroatoms. The molecule has 0 amide bonds. The first-order valence-electron chi connectivity index (χ1n) is 8.68. The van der Waals surface area contributed by atoms with Crippen molar-refractivity contribution in [1.82, 2.24) is 29.5 Å². The van der Waals surface area contributed by atoms with Crippen molar-refractivity contribution in [3.05, 3.63) is 93.5 Å². The van der Waals surface area contributed by atoms with Gasteiger partial charge in [-0.3, -0.25) is 14.3 Å². The zero-order valence-electron chi connectivity index (χ0n) is 14.6. The maximum Gasteiger partial charge on any atom is 0.328 e. The van der Waals surface area contributed by atoms with E-state index in [2.05, 4.69) is 15.3 Å². The highest BCUT2D eigenvalue weighted by molar-refractivity contribution is 6.02. The van der Waals surface area contributed by atoms with Gasteiger partial charge in [-0.1, -0.05) is 41.6 Å². The second kappa shape index (κ2) is 6.27. The predicted octanol–water partition coefficient (Wildman–Crippen LogP) is 1.87. The van der Waals surface area contributed by atoms with Crippen LogP contribution in [0.2, 0.25) is 0 Å². The van der Waals surface area contributed by atoms with Crippen molar-refractivity contribution in [3.8, 4) is 5.69 Å². The number of nitrogens with one attached hydrogen (secondary N) is 1. The zero-order valence-corrected chi connectivity index (χ0v) is 14.6.